The number of amides is 2. The molecule has 6 heteroatoms. The first-order valence-corrected chi connectivity index (χ1v) is 9.00. The van der Waals surface area contributed by atoms with E-state index in [0.717, 1.165) is 5.69 Å². The number of hydrogen-bond acceptors (Lipinski definition) is 4. The monoisotopic (exact) mass is 390 g/mol. The van der Waals surface area contributed by atoms with Crippen LogP contribution in [0.25, 0.3) is 0 Å². The van der Waals surface area contributed by atoms with Crippen LogP contribution >= 0.6 is 0 Å². The summed E-state index contributed by atoms with van der Waals surface area (Å²) in [6, 6.07) is 21.1. The molecule has 3 aromatic rings. The van der Waals surface area contributed by atoms with E-state index in [1.165, 1.54) is 7.11 Å². The standard InChI is InChI=1S/C23H22N2O4/c1-25(19-10-5-4-6-11-19)23(27)17-9-7-8-16(14-17)22(26)24-18-12-13-20(28-2)21(15-18)29-3/h4-15H,1-3H3,(H,24,26). The summed E-state index contributed by atoms with van der Waals surface area (Å²) >= 11 is 0. The van der Waals surface area contributed by atoms with Gasteiger partial charge in [0.05, 0.1) is 14.2 Å². The summed E-state index contributed by atoms with van der Waals surface area (Å²) < 4.78 is 10.5. The number of nitrogens with zero attached hydrogens (tertiary/aromatic N) is 1. The lowest BCUT2D eigenvalue weighted by molar-refractivity contribution is 0.0993. The summed E-state index contributed by atoms with van der Waals surface area (Å²) in [7, 11) is 4.78. The summed E-state index contributed by atoms with van der Waals surface area (Å²) in [5.74, 6) is 0.562. The smallest absolute Gasteiger partial charge is 0.258 e. The summed E-state index contributed by atoms with van der Waals surface area (Å²) in [4.78, 5) is 27.0. The van der Waals surface area contributed by atoms with Crippen LogP contribution in [0.3, 0.4) is 0 Å². The minimum atomic E-state index is -0.325. The van der Waals surface area contributed by atoms with E-state index in [-0.39, 0.29) is 11.8 Å². The fraction of sp³-hybridized carbons (Fsp3) is 0.130. The Morgan fingerprint density at radius 1 is 0.793 bits per heavy atom. The molecule has 3 rings (SSSR count). The maximum absolute atomic E-state index is 12.8. The van der Waals surface area contributed by atoms with Gasteiger partial charge >= 0.3 is 0 Å². The van der Waals surface area contributed by atoms with E-state index >= 15 is 0 Å². The molecule has 0 bridgehead atoms. The summed E-state index contributed by atoms with van der Waals surface area (Å²) in [6.07, 6.45) is 0. The molecule has 0 spiro atoms. The molecule has 0 saturated carbocycles. The molecule has 29 heavy (non-hydrogen) atoms. The number of para-hydroxylation sites is 1. The molecule has 0 saturated heterocycles. The van der Waals surface area contributed by atoms with Gasteiger partial charge in [-0.25, -0.2) is 0 Å². The van der Waals surface area contributed by atoms with Crippen molar-refractivity contribution in [2.75, 3.05) is 31.5 Å². The molecule has 0 aromatic heterocycles. The number of nitrogens with one attached hydrogen (secondary N) is 1. The van der Waals surface area contributed by atoms with Crippen molar-refractivity contribution in [3.8, 4) is 11.5 Å². The van der Waals surface area contributed by atoms with Crippen LogP contribution in [-0.2, 0) is 0 Å². The second-order valence-corrected chi connectivity index (χ2v) is 6.30. The molecule has 0 aliphatic heterocycles. The predicted molar refractivity (Wildman–Crippen MR) is 113 cm³/mol. The summed E-state index contributed by atoms with van der Waals surface area (Å²) in [6.45, 7) is 0. The molecule has 3 aromatic carbocycles. The number of benzene rings is 3. The lowest BCUT2D eigenvalue weighted by atomic mass is 10.1. The van der Waals surface area contributed by atoms with Crippen molar-refractivity contribution in [1.29, 1.82) is 0 Å². The topological polar surface area (TPSA) is 67.9 Å². The van der Waals surface area contributed by atoms with Gasteiger partial charge in [-0.3, -0.25) is 9.59 Å². The molecule has 6 nitrogen and oxygen atoms in total. The lowest BCUT2D eigenvalue weighted by Gasteiger charge is -2.17. The third kappa shape index (κ3) is 4.55. The Balaban J connectivity index is 1.78. The van der Waals surface area contributed by atoms with Crippen molar-refractivity contribution in [2.45, 2.75) is 0 Å². The number of ether oxygens (including phenoxy) is 2. The highest BCUT2D eigenvalue weighted by Crippen LogP contribution is 2.30. The molecule has 148 valence electrons. The van der Waals surface area contributed by atoms with Gasteiger partial charge in [-0.1, -0.05) is 24.3 Å². The Morgan fingerprint density at radius 3 is 2.17 bits per heavy atom. The fourth-order valence-corrected chi connectivity index (χ4v) is 2.87. The molecule has 1 N–H and O–H groups in total. The van der Waals surface area contributed by atoms with Crippen LogP contribution in [0.5, 0.6) is 11.5 Å². The zero-order valence-electron chi connectivity index (χ0n) is 16.5. The second kappa shape index (κ2) is 8.93. The third-order valence-corrected chi connectivity index (χ3v) is 4.46. The van der Waals surface area contributed by atoms with Crippen molar-refractivity contribution in [3.05, 3.63) is 83.9 Å². The first kappa shape index (κ1) is 19.9. The number of carbonyl (C=O) groups is 2. The number of hydrogen-bond donors (Lipinski definition) is 1. The Kier molecular flexibility index (Phi) is 6.14. The number of rotatable bonds is 6. The van der Waals surface area contributed by atoms with Crippen LogP contribution in [-0.4, -0.2) is 33.1 Å². The molecule has 0 radical (unpaired) electrons. The van der Waals surface area contributed by atoms with Crippen LogP contribution in [0.15, 0.2) is 72.8 Å². The highest BCUT2D eigenvalue weighted by atomic mass is 16.5. The molecule has 0 aliphatic rings. The van der Waals surface area contributed by atoms with E-state index in [2.05, 4.69) is 5.32 Å². The molecular formula is C23H22N2O4. The van der Waals surface area contributed by atoms with E-state index in [0.29, 0.717) is 28.3 Å². The maximum Gasteiger partial charge on any atom is 0.258 e. The maximum atomic E-state index is 12.8. The Labute approximate surface area is 169 Å². The molecule has 0 heterocycles. The van der Waals surface area contributed by atoms with Gasteiger partial charge in [0.25, 0.3) is 11.8 Å². The highest BCUT2D eigenvalue weighted by molar-refractivity contribution is 6.09. The average molecular weight is 390 g/mol. The van der Waals surface area contributed by atoms with E-state index in [1.807, 2.05) is 30.3 Å². The minimum Gasteiger partial charge on any atom is -0.493 e. The highest BCUT2D eigenvalue weighted by Gasteiger charge is 2.16. The molecule has 0 fully saturated rings. The van der Waals surface area contributed by atoms with Crippen molar-refractivity contribution in [3.63, 3.8) is 0 Å². The van der Waals surface area contributed by atoms with Crippen LogP contribution in [0.2, 0.25) is 0 Å². The second-order valence-electron chi connectivity index (χ2n) is 6.30. The molecule has 0 atom stereocenters. The van der Waals surface area contributed by atoms with Crippen LogP contribution in [0, 0.1) is 0 Å². The average Bonchev–Trinajstić information content (AvgIpc) is 2.78. The Bertz CT molecular complexity index is 1020. The molecule has 2 amide bonds. The number of carbonyl (C=O) groups excluding carboxylic acids is 2. The molecule has 0 aliphatic carbocycles. The zero-order chi connectivity index (χ0) is 20.8. The third-order valence-electron chi connectivity index (χ3n) is 4.46. The first-order valence-electron chi connectivity index (χ1n) is 9.00. The van der Waals surface area contributed by atoms with Gasteiger partial charge in [-0.2, -0.15) is 0 Å². The van der Waals surface area contributed by atoms with Gasteiger partial charge < -0.3 is 19.7 Å². The lowest BCUT2D eigenvalue weighted by Crippen LogP contribution is -2.26. The predicted octanol–water partition coefficient (Wildman–Crippen LogP) is 4.23. The van der Waals surface area contributed by atoms with E-state index in [9.17, 15) is 9.59 Å². The fourth-order valence-electron chi connectivity index (χ4n) is 2.87. The normalized spacial score (nSPS) is 10.2. The molecule has 0 unspecified atom stereocenters. The SMILES string of the molecule is COc1ccc(NC(=O)c2cccc(C(=O)N(C)c3ccccc3)c2)cc1OC. The van der Waals surface area contributed by atoms with E-state index in [1.54, 1.807) is 61.5 Å². The number of anilines is 2. The quantitative estimate of drug-likeness (QED) is 0.684. The summed E-state index contributed by atoms with van der Waals surface area (Å²) in [5.41, 5.74) is 2.15. The Hall–Kier alpha value is -3.80. The van der Waals surface area contributed by atoms with Gasteiger partial charge in [0.15, 0.2) is 11.5 Å². The summed E-state index contributed by atoms with van der Waals surface area (Å²) in [5, 5.41) is 2.81. The van der Waals surface area contributed by atoms with Crippen LogP contribution in [0.4, 0.5) is 11.4 Å². The largest absolute Gasteiger partial charge is 0.493 e. The number of methoxy groups -OCH3 is 2. The van der Waals surface area contributed by atoms with Crippen molar-refractivity contribution in [2.24, 2.45) is 0 Å². The zero-order valence-corrected chi connectivity index (χ0v) is 16.5. The van der Waals surface area contributed by atoms with Gasteiger partial charge in [0, 0.05) is 35.6 Å². The van der Waals surface area contributed by atoms with Crippen molar-refractivity contribution >= 4 is 23.2 Å². The Morgan fingerprint density at radius 2 is 1.48 bits per heavy atom. The van der Waals surface area contributed by atoms with Crippen LogP contribution in [0.1, 0.15) is 20.7 Å². The van der Waals surface area contributed by atoms with Crippen LogP contribution < -0.4 is 19.7 Å². The van der Waals surface area contributed by atoms with Crippen molar-refractivity contribution in [1.82, 2.24) is 0 Å². The van der Waals surface area contributed by atoms with Gasteiger partial charge in [-0.15, -0.1) is 0 Å². The van der Waals surface area contributed by atoms with Gasteiger partial charge in [0.2, 0.25) is 0 Å². The van der Waals surface area contributed by atoms with E-state index < -0.39 is 0 Å². The van der Waals surface area contributed by atoms with E-state index in [4.69, 9.17) is 9.47 Å². The van der Waals surface area contributed by atoms with Gasteiger partial charge in [0.1, 0.15) is 0 Å². The van der Waals surface area contributed by atoms with Crippen molar-refractivity contribution < 1.29 is 19.1 Å². The minimum absolute atomic E-state index is 0.197. The van der Waals surface area contributed by atoms with Gasteiger partial charge in [-0.05, 0) is 42.5 Å². The first-order chi connectivity index (χ1) is 14.0. The molecular weight excluding hydrogens is 368 g/mol.